The second kappa shape index (κ2) is 14.1. The molecule has 0 saturated heterocycles. The Morgan fingerprint density at radius 2 is 1.89 bits per heavy atom. The van der Waals surface area contributed by atoms with Crippen molar-refractivity contribution in [3.63, 3.8) is 0 Å². The minimum Gasteiger partial charge on any atom is -0.486 e. The standard InChI is InChI=1S/C30H28F3N5O6/c1-43-30(42)37-23(5-2-3-7-26(34)39)28(40)36-24-6-4-10-38(29(24)41)15-21-12-18-11-20(32)14-25(27(18)35-21)44-16-17-8-9-19(31)13-22(17)33/h3-4,6-14,23,35H,2,5,15-16H2,1H3,(H2,34,39)(H,36,40)(H,37,42)/b7-3+/t23-/m0/s1. The average molecular weight is 612 g/mol. The zero-order valence-electron chi connectivity index (χ0n) is 23.4. The number of benzene rings is 2. The SMILES string of the molecule is COC(=O)N[C@@H](CC/C=C/C(N)=O)C(=O)Nc1cccn(Cc2cc3cc(F)cc(OCc4ccc(F)cc4F)c3[nH]2)c1=O. The molecule has 5 N–H and O–H groups in total. The number of allylic oxidation sites excluding steroid dienone is 1. The van der Waals surface area contributed by atoms with Gasteiger partial charge in [0.05, 0.1) is 19.2 Å². The third-order valence-electron chi connectivity index (χ3n) is 6.43. The number of hydrogen-bond donors (Lipinski definition) is 4. The van der Waals surface area contributed by atoms with Crippen LogP contribution in [0.4, 0.5) is 23.7 Å². The Kier molecular flexibility index (Phi) is 10.1. The van der Waals surface area contributed by atoms with Crippen molar-refractivity contribution in [2.75, 3.05) is 12.4 Å². The summed E-state index contributed by atoms with van der Waals surface area (Å²) in [7, 11) is 1.13. The summed E-state index contributed by atoms with van der Waals surface area (Å²) in [4.78, 5) is 51.9. The minimum atomic E-state index is -1.10. The van der Waals surface area contributed by atoms with Crippen LogP contribution in [0, 0.1) is 17.5 Å². The second-order valence-electron chi connectivity index (χ2n) is 9.60. The maximum atomic E-state index is 14.4. The number of ether oxygens (including phenoxy) is 2. The molecule has 0 spiro atoms. The van der Waals surface area contributed by atoms with Crippen LogP contribution in [0.2, 0.25) is 0 Å². The Bertz CT molecular complexity index is 1780. The van der Waals surface area contributed by atoms with Gasteiger partial charge in [-0.3, -0.25) is 14.4 Å². The summed E-state index contributed by atoms with van der Waals surface area (Å²) in [5.41, 5.74) is 5.37. The molecule has 230 valence electrons. The van der Waals surface area contributed by atoms with Crippen LogP contribution in [-0.2, 0) is 27.5 Å². The first-order valence-electron chi connectivity index (χ1n) is 13.2. The molecule has 0 aliphatic carbocycles. The van der Waals surface area contributed by atoms with Crippen LogP contribution < -0.4 is 26.7 Å². The quantitative estimate of drug-likeness (QED) is 0.178. The molecule has 2 aromatic heterocycles. The van der Waals surface area contributed by atoms with Gasteiger partial charge in [0.15, 0.2) is 0 Å². The number of alkyl carbamates (subject to hydrolysis) is 1. The summed E-state index contributed by atoms with van der Waals surface area (Å²) in [5.74, 6) is -3.43. The van der Waals surface area contributed by atoms with Crippen LogP contribution in [0.3, 0.4) is 0 Å². The van der Waals surface area contributed by atoms with Gasteiger partial charge in [0.2, 0.25) is 11.8 Å². The minimum absolute atomic E-state index is 0.00732. The topological polar surface area (TPSA) is 158 Å². The number of aromatic nitrogens is 2. The van der Waals surface area contributed by atoms with E-state index in [1.54, 1.807) is 6.07 Å². The van der Waals surface area contributed by atoms with Gasteiger partial charge < -0.3 is 35.4 Å². The van der Waals surface area contributed by atoms with E-state index in [9.17, 15) is 32.3 Å². The molecule has 4 rings (SSSR count). The Hall–Kier alpha value is -5.53. The zero-order valence-corrected chi connectivity index (χ0v) is 23.4. The Labute approximate surface area is 248 Å². The number of hydrogen-bond acceptors (Lipinski definition) is 6. The van der Waals surface area contributed by atoms with Crippen LogP contribution in [-0.4, -0.2) is 40.6 Å². The largest absolute Gasteiger partial charge is 0.486 e. The third-order valence-corrected chi connectivity index (χ3v) is 6.43. The first-order valence-corrected chi connectivity index (χ1v) is 13.2. The fourth-order valence-electron chi connectivity index (χ4n) is 4.32. The maximum Gasteiger partial charge on any atom is 0.407 e. The van der Waals surface area contributed by atoms with E-state index in [-0.39, 0.29) is 43.0 Å². The normalized spacial score (nSPS) is 11.8. The Balaban J connectivity index is 1.51. The number of H-pyrrole nitrogens is 1. The van der Waals surface area contributed by atoms with Gasteiger partial charge >= 0.3 is 6.09 Å². The molecule has 0 aliphatic heterocycles. The Morgan fingerprint density at radius 1 is 1.09 bits per heavy atom. The highest BCUT2D eigenvalue weighted by atomic mass is 19.1. The molecule has 0 radical (unpaired) electrons. The molecule has 44 heavy (non-hydrogen) atoms. The number of primary amides is 1. The molecule has 2 heterocycles. The number of aromatic amines is 1. The van der Waals surface area contributed by atoms with Crippen LogP contribution >= 0.6 is 0 Å². The van der Waals surface area contributed by atoms with E-state index < -0.39 is 47.0 Å². The molecule has 2 aromatic carbocycles. The molecule has 11 nitrogen and oxygen atoms in total. The summed E-state index contributed by atoms with van der Waals surface area (Å²) in [5, 5.41) is 5.31. The van der Waals surface area contributed by atoms with E-state index >= 15 is 0 Å². The fourth-order valence-corrected chi connectivity index (χ4v) is 4.32. The number of nitrogens with zero attached hydrogens (tertiary/aromatic N) is 1. The summed E-state index contributed by atoms with van der Waals surface area (Å²) in [6.45, 7) is -0.292. The number of anilines is 1. The molecule has 0 aliphatic rings. The number of nitrogens with one attached hydrogen (secondary N) is 3. The highest BCUT2D eigenvalue weighted by Crippen LogP contribution is 2.29. The molecule has 0 bridgehead atoms. The third kappa shape index (κ3) is 8.06. The van der Waals surface area contributed by atoms with Gasteiger partial charge in [-0.1, -0.05) is 6.08 Å². The smallest absolute Gasteiger partial charge is 0.407 e. The van der Waals surface area contributed by atoms with Gasteiger partial charge in [0.25, 0.3) is 5.56 Å². The number of carbonyl (C=O) groups excluding carboxylic acids is 3. The van der Waals surface area contributed by atoms with Crippen molar-refractivity contribution >= 4 is 34.5 Å². The van der Waals surface area contributed by atoms with Crippen molar-refractivity contribution in [1.29, 1.82) is 0 Å². The molecule has 4 aromatic rings. The average Bonchev–Trinajstić information content (AvgIpc) is 3.38. The number of halogens is 3. The zero-order chi connectivity index (χ0) is 31.8. The van der Waals surface area contributed by atoms with E-state index in [4.69, 9.17) is 10.5 Å². The number of amides is 3. The number of fused-ring (bicyclic) bond motifs is 1. The summed E-state index contributed by atoms with van der Waals surface area (Å²) < 4.78 is 53.1. The van der Waals surface area contributed by atoms with Crippen molar-refractivity contribution < 1.29 is 37.0 Å². The molecule has 0 saturated carbocycles. The molecule has 3 amide bonds. The van der Waals surface area contributed by atoms with E-state index in [1.807, 2.05) is 0 Å². The molecular weight excluding hydrogens is 583 g/mol. The summed E-state index contributed by atoms with van der Waals surface area (Å²) in [6, 6.07) is 8.85. The molecule has 1 atom stereocenters. The van der Waals surface area contributed by atoms with Crippen LogP contribution in [0.15, 0.2) is 71.7 Å². The predicted molar refractivity (Wildman–Crippen MR) is 154 cm³/mol. The van der Waals surface area contributed by atoms with E-state index in [0.717, 1.165) is 31.4 Å². The summed E-state index contributed by atoms with van der Waals surface area (Å²) in [6.07, 6.45) is 3.49. The number of methoxy groups -OCH3 is 1. The maximum absolute atomic E-state index is 14.4. The highest BCUT2D eigenvalue weighted by molar-refractivity contribution is 5.96. The van der Waals surface area contributed by atoms with Crippen molar-refractivity contribution in [3.05, 3.63) is 106 Å². The van der Waals surface area contributed by atoms with Gasteiger partial charge in [0, 0.05) is 35.0 Å². The Morgan fingerprint density at radius 3 is 2.61 bits per heavy atom. The molecular formula is C30H28F3N5O6. The van der Waals surface area contributed by atoms with Crippen molar-refractivity contribution in [2.24, 2.45) is 5.73 Å². The lowest BCUT2D eigenvalue weighted by Gasteiger charge is -2.17. The monoisotopic (exact) mass is 611 g/mol. The molecule has 14 heteroatoms. The van der Waals surface area contributed by atoms with Crippen LogP contribution in [0.1, 0.15) is 24.1 Å². The lowest BCUT2D eigenvalue weighted by atomic mass is 10.1. The van der Waals surface area contributed by atoms with Crippen LogP contribution in [0.5, 0.6) is 5.75 Å². The van der Waals surface area contributed by atoms with Crippen molar-refractivity contribution in [2.45, 2.75) is 32.0 Å². The number of carbonyl (C=O) groups is 3. The second-order valence-corrected chi connectivity index (χ2v) is 9.60. The van der Waals surface area contributed by atoms with E-state index in [1.165, 1.54) is 41.1 Å². The van der Waals surface area contributed by atoms with Crippen molar-refractivity contribution in [1.82, 2.24) is 14.9 Å². The number of nitrogens with two attached hydrogens (primary N) is 1. The first-order chi connectivity index (χ1) is 21.0. The van der Waals surface area contributed by atoms with E-state index in [0.29, 0.717) is 16.6 Å². The molecule has 0 unspecified atom stereocenters. The lowest BCUT2D eigenvalue weighted by Crippen LogP contribution is -2.44. The predicted octanol–water partition coefficient (Wildman–Crippen LogP) is 3.86. The van der Waals surface area contributed by atoms with E-state index in [2.05, 4.69) is 20.4 Å². The van der Waals surface area contributed by atoms with Gasteiger partial charge in [-0.15, -0.1) is 0 Å². The van der Waals surface area contributed by atoms with Crippen LogP contribution in [0.25, 0.3) is 10.9 Å². The highest BCUT2D eigenvalue weighted by Gasteiger charge is 2.22. The van der Waals surface area contributed by atoms with Gasteiger partial charge in [-0.25, -0.2) is 18.0 Å². The van der Waals surface area contributed by atoms with Gasteiger partial charge in [-0.05, 0) is 55.3 Å². The molecule has 0 fully saturated rings. The van der Waals surface area contributed by atoms with Gasteiger partial charge in [0.1, 0.15) is 41.5 Å². The number of pyridine rings is 1. The number of rotatable bonds is 12. The van der Waals surface area contributed by atoms with Gasteiger partial charge in [-0.2, -0.15) is 0 Å². The fraction of sp³-hybridized carbons (Fsp3) is 0.200. The lowest BCUT2D eigenvalue weighted by molar-refractivity contribution is -0.118. The first kappa shape index (κ1) is 31.4. The van der Waals surface area contributed by atoms with Crippen molar-refractivity contribution in [3.8, 4) is 5.75 Å². The summed E-state index contributed by atoms with van der Waals surface area (Å²) >= 11 is 0.